The van der Waals surface area contributed by atoms with Crippen molar-refractivity contribution in [3.8, 4) is 0 Å². The number of hydrogen-bond acceptors (Lipinski definition) is 6. The van der Waals surface area contributed by atoms with Gasteiger partial charge in [-0.25, -0.2) is 0 Å². The largest absolute Gasteiger partial charge is 0.480 e. The summed E-state index contributed by atoms with van der Waals surface area (Å²) in [5.74, 6) is -4.02. The van der Waals surface area contributed by atoms with Gasteiger partial charge in [0.05, 0.1) is 6.04 Å². The first-order valence-electron chi connectivity index (χ1n) is 10.7. The lowest BCUT2D eigenvalue weighted by Gasteiger charge is -2.25. The lowest BCUT2D eigenvalue weighted by molar-refractivity contribution is -0.138. The third kappa shape index (κ3) is 10.1. The molecule has 8 N–H and O–H groups in total. The van der Waals surface area contributed by atoms with E-state index in [4.69, 9.17) is 16.6 Å². The molecule has 4 amide bonds. The summed E-state index contributed by atoms with van der Waals surface area (Å²) < 4.78 is 0. The van der Waals surface area contributed by atoms with Gasteiger partial charge in [0.1, 0.15) is 18.6 Å². The number of nitrogens with one attached hydrogen (secondary N) is 3. The van der Waals surface area contributed by atoms with E-state index in [1.807, 2.05) is 6.92 Å². The molecular formula is C22H33N5O6. The van der Waals surface area contributed by atoms with Crippen LogP contribution >= 0.6 is 0 Å². The minimum atomic E-state index is -1.24. The first-order valence-corrected chi connectivity index (χ1v) is 10.7. The number of primary amides is 1. The Balaban J connectivity index is 3.02. The van der Waals surface area contributed by atoms with E-state index in [2.05, 4.69) is 16.0 Å². The maximum absolute atomic E-state index is 13.0. The van der Waals surface area contributed by atoms with Crippen LogP contribution in [0, 0.1) is 5.92 Å². The van der Waals surface area contributed by atoms with E-state index in [-0.39, 0.29) is 25.2 Å². The van der Waals surface area contributed by atoms with Crippen LogP contribution in [0.5, 0.6) is 0 Å². The Morgan fingerprint density at radius 2 is 1.58 bits per heavy atom. The number of rotatable bonds is 14. The molecule has 11 nitrogen and oxygen atoms in total. The molecule has 0 bridgehead atoms. The third-order valence-electron chi connectivity index (χ3n) is 5.20. The topological polar surface area (TPSA) is 194 Å². The number of aliphatic carboxylic acids is 1. The SMILES string of the molecule is CCC(C)C(N)C(=O)NC(CCC(N)=O)C(=O)NC(Cc1ccccc1)C(=O)NCC(=O)O. The van der Waals surface area contributed by atoms with Gasteiger partial charge in [-0.3, -0.25) is 24.0 Å². The van der Waals surface area contributed by atoms with Gasteiger partial charge in [-0.15, -0.1) is 0 Å². The molecule has 33 heavy (non-hydrogen) atoms. The Morgan fingerprint density at radius 3 is 2.12 bits per heavy atom. The second kappa shape index (κ2) is 13.8. The van der Waals surface area contributed by atoms with Gasteiger partial charge in [0.15, 0.2) is 0 Å². The molecule has 0 aliphatic rings. The van der Waals surface area contributed by atoms with Crippen molar-refractivity contribution in [1.29, 1.82) is 0 Å². The van der Waals surface area contributed by atoms with Gasteiger partial charge in [-0.1, -0.05) is 50.6 Å². The third-order valence-corrected chi connectivity index (χ3v) is 5.20. The molecule has 1 aromatic carbocycles. The van der Waals surface area contributed by atoms with Crippen molar-refractivity contribution in [2.75, 3.05) is 6.54 Å². The van der Waals surface area contributed by atoms with Crippen LogP contribution in [0.2, 0.25) is 0 Å². The van der Waals surface area contributed by atoms with E-state index >= 15 is 0 Å². The van der Waals surface area contributed by atoms with Crippen LogP contribution in [-0.4, -0.2) is 59.4 Å². The number of carboxylic acids is 1. The predicted molar refractivity (Wildman–Crippen MR) is 121 cm³/mol. The lowest BCUT2D eigenvalue weighted by Crippen LogP contribution is -2.57. The van der Waals surface area contributed by atoms with E-state index in [0.717, 1.165) is 5.56 Å². The van der Waals surface area contributed by atoms with Gasteiger partial charge in [0.2, 0.25) is 23.6 Å². The van der Waals surface area contributed by atoms with Crippen molar-refractivity contribution in [2.45, 2.75) is 57.7 Å². The summed E-state index contributed by atoms with van der Waals surface area (Å²) in [5.41, 5.74) is 11.9. The maximum atomic E-state index is 13.0. The van der Waals surface area contributed by atoms with Gasteiger partial charge in [-0.05, 0) is 17.9 Å². The molecule has 0 fully saturated rings. The molecule has 0 aliphatic carbocycles. The molecule has 0 radical (unpaired) electrons. The molecule has 0 aliphatic heterocycles. The number of carboxylic acid groups (broad SMARTS) is 1. The molecule has 0 heterocycles. The highest BCUT2D eigenvalue weighted by molar-refractivity contribution is 5.94. The Kier molecular flexibility index (Phi) is 11.6. The number of benzene rings is 1. The van der Waals surface area contributed by atoms with Crippen molar-refractivity contribution in [2.24, 2.45) is 17.4 Å². The average molecular weight is 464 g/mol. The summed E-state index contributed by atoms with van der Waals surface area (Å²) in [4.78, 5) is 60.1. The smallest absolute Gasteiger partial charge is 0.322 e. The zero-order chi connectivity index (χ0) is 25.0. The van der Waals surface area contributed by atoms with Gasteiger partial charge in [-0.2, -0.15) is 0 Å². The fraction of sp³-hybridized carbons (Fsp3) is 0.500. The van der Waals surface area contributed by atoms with Crippen molar-refractivity contribution < 1.29 is 29.1 Å². The predicted octanol–water partition coefficient (Wildman–Crippen LogP) is -0.962. The number of carbonyl (C=O) groups is 5. The molecule has 0 spiro atoms. The minimum Gasteiger partial charge on any atom is -0.480 e. The first kappa shape index (κ1) is 27.6. The summed E-state index contributed by atoms with van der Waals surface area (Å²) in [6.07, 6.45) is 0.469. The number of amides is 4. The Morgan fingerprint density at radius 1 is 0.970 bits per heavy atom. The molecule has 182 valence electrons. The van der Waals surface area contributed by atoms with Gasteiger partial charge >= 0.3 is 5.97 Å². The second-order valence-corrected chi connectivity index (χ2v) is 7.84. The fourth-order valence-corrected chi connectivity index (χ4v) is 2.95. The van der Waals surface area contributed by atoms with E-state index in [1.54, 1.807) is 37.3 Å². The molecule has 0 saturated carbocycles. The van der Waals surface area contributed by atoms with E-state index in [1.165, 1.54) is 0 Å². The van der Waals surface area contributed by atoms with Crippen LogP contribution in [-0.2, 0) is 30.4 Å². The van der Waals surface area contributed by atoms with E-state index in [0.29, 0.717) is 6.42 Å². The minimum absolute atomic E-state index is 0.0842. The lowest BCUT2D eigenvalue weighted by atomic mass is 9.98. The highest BCUT2D eigenvalue weighted by atomic mass is 16.4. The monoisotopic (exact) mass is 463 g/mol. The van der Waals surface area contributed by atoms with Crippen LogP contribution in [0.25, 0.3) is 0 Å². The average Bonchev–Trinajstić information content (AvgIpc) is 2.78. The van der Waals surface area contributed by atoms with Gasteiger partial charge in [0.25, 0.3) is 0 Å². The molecular weight excluding hydrogens is 430 g/mol. The molecule has 0 saturated heterocycles. The molecule has 1 aromatic rings. The highest BCUT2D eigenvalue weighted by Gasteiger charge is 2.29. The van der Waals surface area contributed by atoms with Gasteiger partial charge < -0.3 is 32.5 Å². The first-order chi connectivity index (χ1) is 15.5. The second-order valence-electron chi connectivity index (χ2n) is 7.84. The quantitative estimate of drug-likeness (QED) is 0.204. The molecule has 4 unspecified atom stereocenters. The summed E-state index contributed by atoms with van der Waals surface area (Å²) in [6.45, 7) is 3.05. The van der Waals surface area contributed by atoms with Crippen LogP contribution < -0.4 is 27.4 Å². The number of carbonyl (C=O) groups excluding carboxylic acids is 4. The van der Waals surface area contributed by atoms with Crippen molar-refractivity contribution in [3.63, 3.8) is 0 Å². The zero-order valence-corrected chi connectivity index (χ0v) is 18.9. The van der Waals surface area contributed by atoms with Crippen molar-refractivity contribution in [1.82, 2.24) is 16.0 Å². The summed E-state index contributed by atoms with van der Waals surface area (Å²) in [6, 6.07) is 5.67. The number of hydrogen-bond donors (Lipinski definition) is 6. The zero-order valence-electron chi connectivity index (χ0n) is 18.9. The molecule has 11 heteroatoms. The summed E-state index contributed by atoms with van der Waals surface area (Å²) in [7, 11) is 0. The standard InChI is InChI=1S/C22H33N5O6/c1-3-13(2)19(24)22(33)26-15(9-10-17(23)28)21(32)27-16(20(31)25-12-18(29)30)11-14-7-5-4-6-8-14/h4-8,13,15-16,19H,3,9-12,24H2,1-2H3,(H2,23,28)(H,25,31)(H,26,33)(H,27,32)(H,29,30). The summed E-state index contributed by atoms with van der Waals surface area (Å²) >= 11 is 0. The highest BCUT2D eigenvalue weighted by Crippen LogP contribution is 2.08. The molecule has 0 aromatic heterocycles. The van der Waals surface area contributed by atoms with Crippen LogP contribution in [0.1, 0.15) is 38.7 Å². The van der Waals surface area contributed by atoms with Crippen LogP contribution in [0.3, 0.4) is 0 Å². The Bertz CT molecular complexity index is 832. The van der Waals surface area contributed by atoms with E-state index < -0.39 is 54.3 Å². The van der Waals surface area contributed by atoms with Gasteiger partial charge in [0, 0.05) is 12.8 Å². The van der Waals surface area contributed by atoms with Crippen molar-refractivity contribution >= 4 is 29.6 Å². The summed E-state index contributed by atoms with van der Waals surface area (Å²) in [5, 5.41) is 16.2. The Hall–Kier alpha value is -3.47. The fourth-order valence-electron chi connectivity index (χ4n) is 2.95. The van der Waals surface area contributed by atoms with Crippen LogP contribution in [0.15, 0.2) is 30.3 Å². The molecule has 1 rings (SSSR count). The van der Waals surface area contributed by atoms with Crippen molar-refractivity contribution in [3.05, 3.63) is 35.9 Å². The maximum Gasteiger partial charge on any atom is 0.322 e. The normalized spacial score (nSPS) is 14.3. The number of nitrogens with two attached hydrogens (primary N) is 2. The molecule has 4 atom stereocenters. The van der Waals surface area contributed by atoms with E-state index in [9.17, 15) is 24.0 Å². The Labute approximate surface area is 192 Å². The van der Waals surface area contributed by atoms with Crippen LogP contribution in [0.4, 0.5) is 0 Å².